The number of ether oxygens (including phenoxy) is 1. The Labute approximate surface area is 76.2 Å². The van der Waals surface area contributed by atoms with E-state index >= 15 is 0 Å². The Balaban J connectivity index is 2.59. The van der Waals surface area contributed by atoms with Crippen molar-refractivity contribution in [3.63, 3.8) is 0 Å². The maximum absolute atomic E-state index is 11.2. The monoisotopic (exact) mass is 184 g/mol. The zero-order valence-electron chi connectivity index (χ0n) is 7.24. The maximum Gasteiger partial charge on any atom is 0.313 e. The van der Waals surface area contributed by atoms with E-state index in [4.69, 9.17) is 4.74 Å². The van der Waals surface area contributed by atoms with Gasteiger partial charge in [-0.1, -0.05) is 0 Å². The molecule has 0 radical (unpaired) electrons. The molecule has 0 aliphatic heterocycles. The zero-order valence-corrected chi connectivity index (χ0v) is 8.06. The van der Waals surface area contributed by atoms with Crippen molar-refractivity contribution in [2.45, 2.75) is 19.8 Å². The predicted molar refractivity (Wildman–Crippen MR) is 49.4 cm³/mol. The number of carbonyl (C=O) groups excluding carboxylic acids is 1. The van der Waals surface area contributed by atoms with Crippen LogP contribution >= 0.6 is 11.3 Å². The highest BCUT2D eigenvalue weighted by Gasteiger charge is 2.15. The van der Waals surface area contributed by atoms with Crippen LogP contribution in [0.1, 0.15) is 25.3 Å². The summed E-state index contributed by atoms with van der Waals surface area (Å²) in [4.78, 5) is 11.2. The van der Waals surface area contributed by atoms with Gasteiger partial charge < -0.3 is 4.74 Å². The molecule has 1 unspecified atom stereocenters. The van der Waals surface area contributed by atoms with Gasteiger partial charge in [-0.2, -0.15) is 11.3 Å². The molecule has 0 aliphatic rings. The third kappa shape index (κ3) is 2.08. The minimum Gasteiger partial charge on any atom is -0.466 e. The van der Waals surface area contributed by atoms with E-state index in [1.165, 1.54) is 0 Å². The molecule has 0 bridgehead atoms. The highest BCUT2D eigenvalue weighted by Crippen LogP contribution is 2.19. The number of hydrogen-bond acceptors (Lipinski definition) is 3. The molecule has 1 aromatic rings. The van der Waals surface area contributed by atoms with E-state index in [0.29, 0.717) is 6.61 Å². The average molecular weight is 184 g/mol. The Bertz CT molecular complexity index is 241. The van der Waals surface area contributed by atoms with Gasteiger partial charge in [0.05, 0.1) is 12.5 Å². The summed E-state index contributed by atoms with van der Waals surface area (Å²) in [5, 5.41) is 3.94. The molecule has 0 saturated heterocycles. The first-order valence-corrected chi connectivity index (χ1v) is 4.88. The number of esters is 1. The van der Waals surface area contributed by atoms with Gasteiger partial charge in [-0.25, -0.2) is 0 Å². The molecule has 1 rings (SSSR count). The number of carbonyl (C=O) groups is 1. The van der Waals surface area contributed by atoms with Crippen LogP contribution in [0.4, 0.5) is 0 Å². The van der Waals surface area contributed by atoms with Gasteiger partial charge in [-0.05, 0) is 36.2 Å². The second-order valence-electron chi connectivity index (χ2n) is 2.53. The lowest BCUT2D eigenvalue weighted by atomic mass is 10.1. The van der Waals surface area contributed by atoms with Crippen LogP contribution in [-0.4, -0.2) is 12.6 Å². The molecule has 1 heterocycles. The fraction of sp³-hybridized carbons (Fsp3) is 0.444. The molecule has 0 aliphatic carbocycles. The molecular formula is C9H12O2S. The van der Waals surface area contributed by atoms with Crippen LogP contribution in [0.15, 0.2) is 16.8 Å². The molecule has 0 saturated carbocycles. The number of thiophene rings is 1. The van der Waals surface area contributed by atoms with Crippen molar-refractivity contribution in [1.82, 2.24) is 0 Å². The second-order valence-corrected chi connectivity index (χ2v) is 3.31. The van der Waals surface area contributed by atoms with E-state index in [1.807, 2.05) is 30.7 Å². The molecule has 0 N–H and O–H groups in total. The van der Waals surface area contributed by atoms with Crippen molar-refractivity contribution >= 4 is 17.3 Å². The van der Waals surface area contributed by atoms with E-state index in [0.717, 1.165) is 5.56 Å². The first-order chi connectivity index (χ1) is 5.75. The summed E-state index contributed by atoms with van der Waals surface area (Å²) in [7, 11) is 0. The Hall–Kier alpha value is -0.830. The van der Waals surface area contributed by atoms with Crippen LogP contribution < -0.4 is 0 Å². The smallest absolute Gasteiger partial charge is 0.313 e. The molecule has 1 aromatic heterocycles. The van der Waals surface area contributed by atoms with Crippen LogP contribution in [0.25, 0.3) is 0 Å². The van der Waals surface area contributed by atoms with Crippen molar-refractivity contribution in [2.24, 2.45) is 0 Å². The van der Waals surface area contributed by atoms with Crippen LogP contribution in [0, 0.1) is 0 Å². The second kappa shape index (κ2) is 4.26. The van der Waals surface area contributed by atoms with Gasteiger partial charge in [0.1, 0.15) is 0 Å². The number of hydrogen-bond donors (Lipinski definition) is 0. The lowest BCUT2D eigenvalue weighted by Gasteiger charge is -2.07. The topological polar surface area (TPSA) is 26.3 Å². The van der Waals surface area contributed by atoms with E-state index < -0.39 is 0 Å². The SMILES string of the molecule is CCOC(=O)C(C)c1ccsc1. The standard InChI is InChI=1S/C9H12O2S/c1-3-11-9(10)7(2)8-4-5-12-6-8/h4-7H,3H2,1-2H3. The quantitative estimate of drug-likeness (QED) is 0.674. The first-order valence-electron chi connectivity index (χ1n) is 3.94. The van der Waals surface area contributed by atoms with Crippen molar-refractivity contribution < 1.29 is 9.53 Å². The van der Waals surface area contributed by atoms with E-state index in [-0.39, 0.29) is 11.9 Å². The lowest BCUT2D eigenvalue weighted by molar-refractivity contribution is -0.144. The largest absolute Gasteiger partial charge is 0.466 e. The molecule has 3 heteroatoms. The van der Waals surface area contributed by atoms with Crippen LogP contribution in [-0.2, 0) is 9.53 Å². The third-order valence-corrected chi connectivity index (χ3v) is 2.38. The molecule has 0 aromatic carbocycles. The minimum atomic E-state index is -0.143. The molecule has 1 atom stereocenters. The predicted octanol–water partition coefficient (Wildman–Crippen LogP) is 2.41. The van der Waals surface area contributed by atoms with Gasteiger partial charge in [0, 0.05) is 0 Å². The summed E-state index contributed by atoms with van der Waals surface area (Å²) < 4.78 is 4.89. The fourth-order valence-electron chi connectivity index (χ4n) is 0.925. The zero-order chi connectivity index (χ0) is 8.97. The molecule has 0 fully saturated rings. The molecule has 2 nitrogen and oxygen atoms in total. The van der Waals surface area contributed by atoms with Gasteiger partial charge >= 0.3 is 5.97 Å². The maximum atomic E-state index is 11.2. The summed E-state index contributed by atoms with van der Waals surface area (Å²) >= 11 is 1.60. The van der Waals surface area contributed by atoms with E-state index in [2.05, 4.69) is 0 Å². The van der Waals surface area contributed by atoms with Gasteiger partial charge in [0.25, 0.3) is 0 Å². The summed E-state index contributed by atoms with van der Waals surface area (Å²) in [5.41, 5.74) is 1.04. The molecule has 66 valence electrons. The summed E-state index contributed by atoms with van der Waals surface area (Å²) in [6, 6.07) is 1.95. The van der Waals surface area contributed by atoms with Crippen molar-refractivity contribution in [2.75, 3.05) is 6.61 Å². The molecule has 0 amide bonds. The van der Waals surface area contributed by atoms with Gasteiger partial charge in [0.2, 0.25) is 0 Å². The molecular weight excluding hydrogens is 172 g/mol. The lowest BCUT2D eigenvalue weighted by Crippen LogP contribution is -2.12. The van der Waals surface area contributed by atoms with Gasteiger partial charge in [0.15, 0.2) is 0 Å². The van der Waals surface area contributed by atoms with Gasteiger partial charge in [-0.15, -0.1) is 0 Å². The van der Waals surface area contributed by atoms with E-state index in [9.17, 15) is 4.79 Å². The Morgan fingerprint density at radius 2 is 2.50 bits per heavy atom. The van der Waals surface area contributed by atoms with Crippen molar-refractivity contribution in [3.05, 3.63) is 22.4 Å². The summed E-state index contributed by atoms with van der Waals surface area (Å²) in [6.45, 7) is 4.13. The Morgan fingerprint density at radius 3 is 3.00 bits per heavy atom. The molecule has 12 heavy (non-hydrogen) atoms. The van der Waals surface area contributed by atoms with Crippen LogP contribution in [0.3, 0.4) is 0 Å². The normalized spacial score (nSPS) is 12.5. The minimum absolute atomic E-state index is 0.129. The van der Waals surface area contributed by atoms with Crippen molar-refractivity contribution in [1.29, 1.82) is 0 Å². The van der Waals surface area contributed by atoms with Crippen LogP contribution in [0.2, 0.25) is 0 Å². The Morgan fingerprint density at radius 1 is 1.75 bits per heavy atom. The third-order valence-electron chi connectivity index (χ3n) is 1.68. The van der Waals surface area contributed by atoms with Crippen molar-refractivity contribution in [3.8, 4) is 0 Å². The average Bonchev–Trinajstić information content (AvgIpc) is 2.55. The highest BCUT2D eigenvalue weighted by molar-refractivity contribution is 7.08. The molecule has 0 spiro atoms. The fourth-order valence-corrected chi connectivity index (χ4v) is 1.68. The van der Waals surface area contributed by atoms with Gasteiger partial charge in [-0.3, -0.25) is 4.79 Å². The highest BCUT2D eigenvalue weighted by atomic mass is 32.1. The summed E-state index contributed by atoms with van der Waals surface area (Å²) in [6.07, 6.45) is 0. The summed E-state index contributed by atoms with van der Waals surface area (Å²) in [5.74, 6) is -0.271. The van der Waals surface area contributed by atoms with E-state index in [1.54, 1.807) is 11.3 Å². The Kier molecular flexibility index (Phi) is 3.29. The first kappa shape index (κ1) is 9.26. The number of rotatable bonds is 3. The van der Waals surface area contributed by atoms with Crippen LogP contribution in [0.5, 0.6) is 0 Å².